The third-order valence-electron chi connectivity index (χ3n) is 3.97. The van der Waals surface area contributed by atoms with Crippen molar-refractivity contribution in [2.75, 3.05) is 0 Å². The minimum absolute atomic E-state index is 0.126. The van der Waals surface area contributed by atoms with Crippen molar-refractivity contribution >= 4 is 22.6 Å². The summed E-state index contributed by atoms with van der Waals surface area (Å²) in [7, 11) is 0. The smallest absolute Gasteiger partial charge is 0.182 e. The molecular weight excluding hydrogens is 360 g/mol. The molecule has 130 valence electrons. The van der Waals surface area contributed by atoms with E-state index in [1.807, 2.05) is 0 Å². The number of benzene rings is 1. The van der Waals surface area contributed by atoms with E-state index in [-0.39, 0.29) is 29.0 Å². The molecule has 0 aliphatic heterocycles. The molecule has 4 rings (SSSR count). The predicted molar refractivity (Wildman–Crippen MR) is 93.8 cm³/mol. The van der Waals surface area contributed by atoms with Crippen LogP contribution in [-0.4, -0.2) is 24.7 Å². The van der Waals surface area contributed by atoms with Gasteiger partial charge in [-0.25, -0.2) is 28.4 Å². The van der Waals surface area contributed by atoms with Crippen molar-refractivity contribution in [3.63, 3.8) is 0 Å². The Hall–Kier alpha value is -2.93. The minimum Gasteiger partial charge on any atom is -0.242 e. The molecule has 0 bridgehead atoms. The van der Waals surface area contributed by atoms with E-state index in [0.29, 0.717) is 22.3 Å². The third-order valence-corrected chi connectivity index (χ3v) is 4.22. The first-order valence-electron chi connectivity index (χ1n) is 7.79. The molecular formula is C18H12ClF2N5. The Kier molecular flexibility index (Phi) is 4.08. The molecule has 26 heavy (non-hydrogen) atoms. The number of nitrogens with zero attached hydrogens (tertiary/aromatic N) is 5. The molecule has 0 amide bonds. The van der Waals surface area contributed by atoms with Gasteiger partial charge < -0.3 is 0 Å². The largest absolute Gasteiger partial charge is 0.242 e. The van der Waals surface area contributed by atoms with Crippen LogP contribution in [0.25, 0.3) is 22.6 Å². The van der Waals surface area contributed by atoms with Crippen LogP contribution in [0.5, 0.6) is 0 Å². The van der Waals surface area contributed by atoms with Crippen LogP contribution < -0.4 is 0 Å². The summed E-state index contributed by atoms with van der Waals surface area (Å²) < 4.78 is 29.3. The van der Waals surface area contributed by atoms with Crippen LogP contribution in [0.15, 0.2) is 42.6 Å². The molecule has 3 heterocycles. The number of rotatable bonds is 3. The van der Waals surface area contributed by atoms with Crippen LogP contribution in [0.1, 0.15) is 11.3 Å². The SMILES string of the molecule is Cc1nc(-c2nn(Cc3ccccc3F)c3ncccc23)nc(Cl)c1F. The number of fused-ring (bicyclic) bond motifs is 1. The van der Waals surface area contributed by atoms with Crippen molar-refractivity contribution in [1.29, 1.82) is 0 Å². The second-order valence-electron chi connectivity index (χ2n) is 5.71. The van der Waals surface area contributed by atoms with Gasteiger partial charge in [0.15, 0.2) is 22.4 Å². The second kappa shape index (κ2) is 6.42. The van der Waals surface area contributed by atoms with E-state index in [1.54, 1.807) is 41.2 Å². The van der Waals surface area contributed by atoms with Crippen molar-refractivity contribution in [3.8, 4) is 11.5 Å². The van der Waals surface area contributed by atoms with E-state index >= 15 is 0 Å². The molecule has 0 saturated carbocycles. The molecule has 1 aromatic carbocycles. The zero-order chi connectivity index (χ0) is 18.3. The van der Waals surface area contributed by atoms with Crippen LogP contribution in [-0.2, 0) is 6.54 Å². The van der Waals surface area contributed by atoms with Gasteiger partial charge in [0.1, 0.15) is 11.5 Å². The third kappa shape index (κ3) is 2.80. The molecule has 0 aliphatic rings. The van der Waals surface area contributed by atoms with Gasteiger partial charge in [0.2, 0.25) is 0 Å². The van der Waals surface area contributed by atoms with Gasteiger partial charge in [-0.1, -0.05) is 29.8 Å². The fourth-order valence-corrected chi connectivity index (χ4v) is 2.92. The van der Waals surface area contributed by atoms with Crippen LogP contribution in [0.3, 0.4) is 0 Å². The van der Waals surface area contributed by atoms with Crippen molar-refractivity contribution < 1.29 is 8.78 Å². The Bertz CT molecular complexity index is 1100. The van der Waals surface area contributed by atoms with Crippen LogP contribution in [0.4, 0.5) is 8.78 Å². The molecule has 4 aromatic rings. The number of pyridine rings is 1. The van der Waals surface area contributed by atoms with E-state index < -0.39 is 5.82 Å². The van der Waals surface area contributed by atoms with E-state index in [1.165, 1.54) is 13.0 Å². The van der Waals surface area contributed by atoms with Gasteiger partial charge in [0.05, 0.1) is 17.6 Å². The summed E-state index contributed by atoms with van der Waals surface area (Å²) in [6, 6.07) is 10.0. The van der Waals surface area contributed by atoms with Gasteiger partial charge in [-0.3, -0.25) is 0 Å². The summed E-state index contributed by atoms with van der Waals surface area (Å²) >= 11 is 5.85. The minimum atomic E-state index is -0.663. The number of aryl methyl sites for hydroxylation is 1. The van der Waals surface area contributed by atoms with Gasteiger partial charge in [-0.05, 0) is 25.1 Å². The molecule has 3 aromatic heterocycles. The Labute approximate surface area is 152 Å². The van der Waals surface area contributed by atoms with Crippen LogP contribution >= 0.6 is 11.6 Å². The molecule has 0 unspecified atom stereocenters. The lowest BCUT2D eigenvalue weighted by molar-refractivity contribution is 0.589. The lowest BCUT2D eigenvalue weighted by Crippen LogP contribution is -2.05. The highest BCUT2D eigenvalue weighted by atomic mass is 35.5. The highest BCUT2D eigenvalue weighted by Crippen LogP contribution is 2.27. The van der Waals surface area contributed by atoms with Gasteiger partial charge in [0, 0.05) is 11.8 Å². The molecule has 0 fully saturated rings. The average Bonchev–Trinajstić information content (AvgIpc) is 3.00. The standard InChI is InChI=1S/C18H12ClF2N5/c1-10-14(21)16(19)24-17(23-10)15-12-6-4-8-22-18(12)26(25-15)9-11-5-2-3-7-13(11)20/h2-8H,9H2,1H3. The molecule has 0 atom stereocenters. The predicted octanol–water partition coefficient (Wildman–Crippen LogP) is 4.18. The van der Waals surface area contributed by atoms with Gasteiger partial charge in [-0.2, -0.15) is 5.10 Å². The summed E-state index contributed by atoms with van der Waals surface area (Å²) in [6.07, 6.45) is 1.62. The lowest BCUT2D eigenvalue weighted by Gasteiger charge is -2.04. The molecule has 0 N–H and O–H groups in total. The maximum absolute atomic E-state index is 14.0. The summed E-state index contributed by atoms with van der Waals surface area (Å²) in [5.74, 6) is -0.798. The molecule has 0 spiro atoms. The van der Waals surface area contributed by atoms with E-state index in [0.717, 1.165) is 0 Å². The monoisotopic (exact) mass is 371 g/mol. The molecule has 0 aliphatic carbocycles. The number of hydrogen-bond acceptors (Lipinski definition) is 4. The van der Waals surface area contributed by atoms with Gasteiger partial charge >= 0.3 is 0 Å². The Balaban J connectivity index is 1.89. The van der Waals surface area contributed by atoms with Crippen LogP contribution in [0, 0.1) is 18.6 Å². The summed E-state index contributed by atoms with van der Waals surface area (Å²) in [5, 5.41) is 4.89. The van der Waals surface area contributed by atoms with E-state index in [2.05, 4.69) is 20.1 Å². The van der Waals surface area contributed by atoms with Crippen molar-refractivity contribution in [3.05, 3.63) is 70.6 Å². The first-order chi connectivity index (χ1) is 12.5. The fraction of sp³-hybridized carbons (Fsp3) is 0.111. The van der Waals surface area contributed by atoms with E-state index in [4.69, 9.17) is 11.6 Å². The first-order valence-corrected chi connectivity index (χ1v) is 8.17. The summed E-state index contributed by atoms with van der Waals surface area (Å²) in [5.41, 5.74) is 1.56. The van der Waals surface area contributed by atoms with Crippen molar-refractivity contribution in [1.82, 2.24) is 24.7 Å². The van der Waals surface area contributed by atoms with Gasteiger partial charge in [0.25, 0.3) is 0 Å². The molecule has 0 radical (unpaired) electrons. The van der Waals surface area contributed by atoms with E-state index in [9.17, 15) is 8.78 Å². The Morgan fingerprint density at radius 1 is 1.08 bits per heavy atom. The summed E-state index contributed by atoms with van der Waals surface area (Å²) in [6.45, 7) is 1.69. The second-order valence-corrected chi connectivity index (χ2v) is 6.07. The Morgan fingerprint density at radius 3 is 2.65 bits per heavy atom. The first kappa shape index (κ1) is 16.5. The van der Waals surface area contributed by atoms with Gasteiger partial charge in [-0.15, -0.1) is 0 Å². The highest BCUT2D eigenvalue weighted by molar-refractivity contribution is 6.29. The summed E-state index contributed by atoms with van der Waals surface area (Å²) in [4.78, 5) is 12.5. The normalized spacial score (nSPS) is 11.2. The molecule has 5 nitrogen and oxygen atoms in total. The van der Waals surface area contributed by atoms with Crippen LogP contribution in [0.2, 0.25) is 5.15 Å². The maximum atomic E-state index is 14.0. The van der Waals surface area contributed by atoms with Crippen molar-refractivity contribution in [2.45, 2.75) is 13.5 Å². The lowest BCUT2D eigenvalue weighted by atomic mass is 10.2. The number of hydrogen-bond donors (Lipinski definition) is 0. The topological polar surface area (TPSA) is 56.5 Å². The highest BCUT2D eigenvalue weighted by Gasteiger charge is 2.19. The Morgan fingerprint density at radius 2 is 1.88 bits per heavy atom. The number of halogens is 3. The zero-order valence-electron chi connectivity index (χ0n) is 13.6. The van der Waals surface area contributed by atoms with Crippen molar-refractivity contribution in [2.24, 2.45) is 0 Å². The maximum Gasteiger partial charge on any atom is 0.182 e. The fourth-order valence-electron chi connectivity index (χ4n) is 2.70. The quantitative estimate of drug-likeness (QED) is 0.507. The average molecular weight is 372 g/mol. The molecule has 8 heteroatoms. The zero-order valence-corrected chi connectivity index (χ0v) is 14.4. The molecule has 0 saturated heterocycles. The number of aromatic nitrogens is 5.